The summed E-state index contributed by atoms with van der Waals surface area (Å²) in [6.07, 6.45) is 6.37. The molecule has 0 heterocycles. The third-order valence-electron chi connectivity index (χ3n) is 12.1. The lowest BCUT2D eigenvalue weighted by Gasteiger charge is -2.64. The van der Waals surface area contributed by atoms with Gasteiger partial charge in [-0.05, 0) is 104 Å². The summed E-state index contributed by atoms with van der Waals surface area (Å²) in [6, 6.07) is 0. The number of carboxylic acid groups (broad SMARTS) is 1. The molecule has 0 amide bonds. The Labute approximate surface area is 254 Å². The number of hydrogen-bond acceptors (Lipinski definition) is 8. The summed E-state index contributed by atoms with van der Waals surface area (Å²) in [5.74, 6) is -1.80. The van der Waals surface area contributed by atoms with Crippen LogP contribution in [0.3, 0.4) is 0 Å². The second-order valence-electron chi connectivity index (χ2n) is 14.6. The van der Waals surface area contributed by atoms with Gasteiger partial charge in [-0.1, -0.05) is 27.2 Å². The summed E-state index contributed by atoms with van der Waals surface area (Å²) in [5, 5.41) is 31.1. The van der Waals surface area contributed by atoms with Crippen molar-refractivity contribution in [3.63, 3.8) is 0 Å². The van der Waals surface area contributed by atoms with Gasteiger partial charge in [0.15, 0.2) is 0 Å². The van der Waals surface area contributed by atoms with E-state index in [9.17, 15) is 29.2 Å². The quantitative estimate of drug-likeness (QED) is 0.119. The number of aliphatic hydroxyl groups is 2. The normalized spacial score (nSPS) is 38.6. The van der Waals surface area contributed by atoms with Crippen molar-refractivity contribution in [2.24, 2.45) is 52.3 Å². The number of rotatable bonds is 12. The second kappa shape index (κ2) is 13.5. The van der Waals surface area contributed by atoms with Crippen molar-refractivity contribution in [1.29, 1.82) is 0 Å². The van der Waals surface area contributed by atoms with Crippen LogP contribution in [0.1, 0.15) is 97.8 Å². The second-order valence-corrected chi connectivity index (χ2v) is 16.3. The maximum absolute atomic E-state index is 12.6. The van der Waals surface area contributed by atoms with Crippen LogP contribution in [0.4, 0.5) is 0 Å². The number of aliphatic hydroxyl groups excluding tert-OH is 2. The first-order valence-corrected chi connectivity index (χ1v) is 17.8. The van der Waals surface area contributed by atoms with Crippen molar-refractivity contribution < 1.29 is 53.5 Å². The molecular formula is C31H51O11P. The number of hydrogen-bond donors (Lipinski definition) is 5. The minimum absolute atomic E-state index is 0.0698. The Morgan fingerprint density at radius 3 is 2.19 bits per heavy atom. The van der Waals surface area contributed by atoms with E-state index in [0.29, 0.717) is 36.0 Å². The first-order chi connectivity index (χ1) is 20.0. The lowest BCUT2D eigenvalue weighted by atomic mass is 9.41. The Bertz CT molecular complexity index is 1080. The van der Waals surface area contributed by atoms with Crippen LogP contribution < -0.4 is 0 Å². The predicted molar refractivity (Wildman–Crippen MR) is 155 cm³/mol. The molecule has 246 valence electrons. The molecule has 43 heavy (non-hydrogen) atoms. The van der Waals surface area contributed by atoms with Crippen molar-refractivity contribution in [3.05, 3.63) is 0 Å². The molecule has 0 bridgehead atoms. The number of carbonyl (C=O) groups is 3. The van der Waals surface area contributed by atoms with Crippen molar-refractivity contribution >= 4 is 25.5 Å². The summed E-state index contributed by atoms with van der Waals surface area (Å²) in [5.41, 5.74) is 0.0355. The van der Waals surface area contributed by atoms with Gasteiger partial charge in [-0.15, -0.1) is 0 Å². The lowest BCUT2D eigenvalue weighted by Crippen LogP contribution is -2.60. The molecule has 4 aliphatic carbocycles. The molecule has 7 unspecified atom stereocenters. The number of fused-ring (bicyclic) bond motifs is 5. The average molecular weight is 631 g/mol. The van der Waals surface area contributed by atoms with Crippen LogP contribution in [0.2, 0.25) is 0 Å². The van der Waals surface area contributed by atoms with Gasteiger partial charge in [-0.3, -0.25) is 18.9 Å². The summed E-state index contributed by atoms with van der Waals surface area (Å²) in [7, 11) is -4.55. The van der Waals surface area contributed by atoms with Crippen LogP contribution in [0.25, 0.3) is 0 Å². The molecule has 5 N–H and O–H groups in total. The highest BCUT2D eigenvalue weighted by molar-refractivity contribution is 7.51. The maximum atomic E-state index is 12.6. The Kier molecular flexibility index (Phi) is 10.7. The van der Waals surface area contributed by atoms with Gasteiger partial charge in [0, 0.05) is 12.8 Å². The summed E-state index contributed by atoms with van der Waals surface area (Å²) < 4.78 is 21.1. The SMILES string of the molecule is CC(CCC(=O)OCOC(=O)CCC(CP(=O)(O)O)C(=O)O)C1CC2C[C@H](O)CC[C@]2(C)C2C[C@H](O)[C@]3(C)CCCC3C12. The third kappa shape index (κ3) is 7.66. The molecule has 0 saturated heterocycles. The van der Waals surface area contributed by atoms with Crippen LogP contribution in [0, 0.1) is 52.3 Å². The number of carbonyl (C=O) groups excluding carboxylic acids is 2. The number of esters is 2. The van der Waals surface area contributed by atoms with E-state index in [4.69, 9.17) is 24.4 Å². The number of aliphatic carboxylic acids is 1. The van der Waals surface area contributed by atoms with Gasteiger partial charge < -0.3 is 34.6 Å². The van der Waals surface area contributed by atoms with E-state index in [1.165, 1.54) is 0 Å². The van der Waals surface area contributed by atoms with E-state index >= 15 is 0 Å². The standard InChI is InChI=1S/C31H51O11P/c1-18(6-8-26(34)41-17-42-27(35)9-7-19(29(36)37)16-43(38,39)40)22-14-20-13-21(32)10-12-30(20,2)24-15-25(33)31(3)11-4-5-23(31)28(22)24/h18-25,28,32-33H,4-17H2,1-3H3,(H,36,37)(H2,38,39,40)/t18?,19?,20?,21-,22?,23?,24?,25+,28?,30+,31-/m1/s1. The zero-order chi connectivity index (χ0) is 31.7. The molecule has 0 aromatic heterocycles. The Balaban J connectivity index is 1.31. The van der Waals surface area contributed by atoms with Crippen molar-refractivity contribution in [3.8, 4) is 0 Å². The van der Waals surface area contributed by atoms with E-state index in [2.05, 4.69) is 20.8 Å². The molecule has 12 heteroatoms. The summed E-state index contributed by atoms with van der Waals surface area (Å²) >= 11 is 0. The average Bonchev–Trinajstić information content (AvgIpc) is 3.32. The highest BCUT2D eigenvalue weighted by atomic mass is 31.2. The first-order valence-electron chi connectivity index (χ1n) is 16.0. The largest absolute Gasteiger partial charge is 0.481 e. The highest BCUT2D eigenvalue weighted by Crippen LogP contribution is 2.68. The topological polar surface area (TPSA) is 188 Å². The summed E-state index contributed by atoms with van der Waals surface area (Å²) in [4.78, 5) is 53.8. The van der Waals surface area contributed by atoms with E-state index in [-0.39, 0.29) is 48.2 Å². The molecule has 0 spiro atoms. The fraction of sp³-hybridized carbons (Fsp3) is 0.903. The van der Waals surface area contributed by atoms with Crippen molar-refractivity contribution in [1.82, 2.24) is 0 Å². The van der Waals surface area contributed by atoms with Gasteiger partial charge in [0.2, 0.25) is 6.79 Å². The van der Waals surface area contributed by atoms with E-state index in [0.717, 1.165) is 51.4 Å². The van der Waals surface area contributed by atoms with Crippen LogP contribution >= 0.6 is 7.60 Å². The molecule has 4 saturated carbocycles. The molecule has 11 atom stereocenters. The Morgan fingerprint density at radius 1 is 0.907 bits per heavy atom. The van der Waals surface area contributed by atoms with Crippen molar-refractivity contribution in [2.45, 2.75) is 110 Å². The van der Waals surface area contributed by atoms with Gasteiger partial charge in [-0.2, -0.15) is 0 Å². The molecule has 4 aliphatic rings. The van der Waals surface area contributed by atoms with Crippen LogP contribution in [-0.2, 0) is 28.4 Å². The smallest absolute Gasteiger partial charge is 0.326 e. The van der Waals surface area contributed by atoms with Crippen LogP contribution in [-0.4, -0.2) is 68.2 Å². The van der Waals surface area contributed by atoms with Gasteiger partial charge in [0.1, 0.15) is 0 Å². The Morgan fingerprint density at radius 2 is 1.56 bits per heavy atom. The van der Waals surface area contributed by atoms with Gasteiger partial charge in [0.05, 0.1) is 24.3 Å². The number of ether oxygens (including phenoxy) is 2. The van der Waals surface area contributed by atoms with Gasteiger partial charge >= 0.3 is 25.5 Å². The van der Waals surface area contributed by atoms with Gasteiger partial charge in [0.25, 0.3) is 0 Å². The molecule has 4 rings (SSSR count). The highest BCUT2D eigenvalue weighted by Gasteiger charge is 2.63. The van der Waals surface area contributed by atoms with Crippen molar-refractivity contribution in [2.75, 3.05) is 13.0 Å². The van der Waals surface area contributed by atoms with E-state index in [1.807, 2.05) is 0 Å². The van der Waals surface area contributed by atoms with Crippen LogP contribution in [0.5, 0.6) is 0 Å². The number of carboxylic acids is 1. The molecule has 0 aliphatic heterocycles. The predicted octanol–water partition coefficient (Wildman–Crippen LogP) is 4.10. The molecule has 0 aromatic rings. The maximum Gasteiger partial charge on any atom is 0.326 e. The molecule has 4 fully saturated rings. The molecule has 11 nitrogen and oxygen atoms in total. The molecule has 0 radical (unpaired) electrons. The van der Waals surface area contributed by atoms with Crippen LogP contribution in [0.15, 0.2) is 0 Å². The van der Waals surface area contributed by atoms with Gasteiger partial charge in [-0.25, -0.2) is 0 Å². The first kappa shape index (κ1) is 34.4. The molecule has 0 aromatic carbocycles. The lowest BCUT2D eigenvalue weighted by molar-refractivity contribution is -0.188. The van der Waals surface area contributed by atoms with E-state index in [1.54, 1.807) is 0 Å². The fourth-order valence-corrected chi connectivity index (χ4v) is 10.5. The Hall–Kier alpha value is -1.52. The van der Waals surface area contributed by atoms with E-state index < -0.39 is 44.4 Å². The zero-order valence-electron chi connectivity index (χ0n) is 25.7. The summed E-state index contributed by atoms with van der Waals surface area (Å²) in [6.45, 7) is 6.26. The minimum Gasteiger partial charge on any atom is -0.481 e. The minimum atomic E-state index is -4.55. The molecular weight excluding hydrogens is 579 g/mol. The zero-order valence-corrected chi connectivity index (χ0v) is 26.6. The monoisotopic (exact) mass is 630 g/mol. The third-order valence-corrected chi connectivity index (χ3v) is 13.0. The fourth-order valence-electron chi connectivity index (χ4n) is 9.60.